The lowest BCUT2D eigenvalue weighted by Crippen LogP contribution is -2.38. The number of benzene rings is 3. The summed E-state index contributed by atoms with van der Waals surface area (Å²) in [5.41, 5.74) is 3.57. The fourth-order valence-corrected chi connectivity index (χ4v) is 4.78. The summed E-state index contributed by atoms with van der Waals surface area (Å²) in [5, 5.41) is 2.68. The molecular formula is C25H26N2O5S. The molecule has 0 spiro atoms. The third kappa shape index (κ3) is 5.59. The van der Waals surface area contributed by atoms with Crippen LogP contribution in [0.2, 0.25) is 0 Å². The Labute approximate surface area is 194 Å². The number of aryl methyl sites for hydroxylation is 3. The second-order valence-corrected chi connectivity index (χ2v) is 9.60. The van der Waals surface area contributed by atoms with E-state index in [0.29, 0.717) is 11.4 Å². The molecule has 0 aliphatic rings. The number of ether oxygens (including phenoxy) is 1. The molecule has 0 aromatic heterocycles. The molecule has 0 unspecified atom stereocenters. The zero-order chi connectivity index (χ0) is 24.2. The molecule has 172 valence electrons. The standard InChI is InChI=1S/C25H26N2O5S/c1-17-9-12-22(13-10-17)33(30,31)27(23-14-18(2)8-11-19(23)3)16-24(28)26-21-7-5-6-20(15-21)25(29)32-4/h5-15H,16H2,1-4H3,(H,26,28). The van der Waals surface area contributed by atoms with E-state index in [1.54, 1.807) is 43.3 Å². The van der Waals surface area contributed by atoms with Gasteiger partial charge in [-0.15, -0.1) is 0 Å². The molecule has 33 heavy (non-hydrogen) atoms. The number of carbonyl (C=O) groups is 2. The van der Waals surface area contributed by atoms with Crippen molar-refractivity contribution >= 4 is 33.3 Å². The predicted molar refractivity (Wildman–Crippen MR) is 128 cm³/mol. The zero-order valence-electron chi connectivity index (χ0n) is 19.0. The Balaban J connectivity index is 1.97. The number of hydrogen-bond donors (Lipinski definition) is 1. The Morgan fingerprint density at radius 2 is 1.58 bits per heavy atom. The van der Waals surface area contributed by atoms with E-state index in [4.69, 9.17) is 4.74 Å². The van der Waals surface area contributed by atoms with Crippen molar-refractivity contribution in [1.29, 1.82) is 0 Å². The van der Waals surface area contributed by atoms with Crippen LogP contribution in [0.4, 0.5) is 11.4 Å². The second-order valence-electron chi connectivity index (χ2n) is 7.74. The summed E-state index contributed by atoms with van der Waals surface area (Å²) < 4.78 is 32.9. The van der Waals surface area contributed by atoms with Gasteiger partial charge in [-0.05, 0) is 68.3 Å². The molecule has 0 saturated heterocycles. The Morgan fingerprint density at radius 1 is 0.909 bits per heavy atom. The van der Waals surface area contributed by atoms with Gasteiger partial charge in [-0.25, -0.2) is 13.2 Å². The van der Waals surface area contributed by atoms with E-state index in [1.165, 1.54) is 25.3 Å². The highest BCUT2D eigenvalue weighted by molar-refractivity contribution is 7.92. The molecule has 0 aliphatic carbocycles. The summed E-state index contributed by atoms with van der Waals surface area (Å²) in [6, 6.07) is 18.2. The van der Waals surface area contributed by atoms with Crippen LogP contribution in [-0.2, 0) is 19.6 Å². The van der Waals surface area contributed by atoms with E-state index in [1.807, 2.05) is 26.0 Å². The van der Waals surface area contributed by atoms with Gasteiger partial charge in [0.25, 0.3) is 10.0 Å². The number of nitrogens with one attached hydrogen (secondary N) is 1. The zero-order valence-corrected chi connectivity index (χ0v) is 19.8. The molecule has 0 aliphatic heterocycles. The van der Waals surface area contributed by atoms with E-state index in [0.717, 1.165) is 21.0 Å². The molecule has 1 N–H and O–H groups in total. The SMILES string of the molecule is COC(=O)c1cccc(NC(=O)CN(c2cc(C)ccc2C)S(=O)(=O)c2ccc(C)cc2)c1. The molecule has 3 aromatic rings. The van der Waals surface area contributed by atoms with Crippen molar-refractivity contribution in [2.75, 3.05) is 23.3 Å². The number of sulfonamides is 1. The van der Waals surface area contributed by atoms with Crippen molar-refractivity contribution in [2.45, 2.75) is 25.7 Å². The Kier molecular flexibility index (Phi) is 7.18. The van der Waals surface area contributed by atoms with Gasteiger partial charge < -0.3 is 10.1 Å². The fraction of sp³-hybridized carbons (Fsp3) is 0.200. The second kappa shape index (κ2) is 9.87. The first kappa shape index (κ1) is 24.0. The first-order chi connectivity index (χ1) is 15.6. The number of amides is 1. The third-order valence-electron chi connectivity index (χ3n) is 5.10. The van der Waals surface area contributed by atoms with E-state index >= 15 is 0 Å². The van der Waals surface area contributed by atoms with Crippen molar-refractivity contribution in [3.63, 3.8) is 0 Å². The molecule has 0 fully saturated rings. The maximum absolute atomic E-state index is 13.6. The van der Waals surface area contributed by atoms with Gasteiger partial charge in [-0.1, -0.05) is 35.9 Å². The lowest BCUT2D eigenvalue weighted by Gasteiger charge is -2.26. The van der Waals surface area contributed by atoms with Gasteiger partial charge >= 0.3 is 5.97 Å². The van der Waals surface area contributed by atoms with Gasteiger partial charge in [-0.2, -0.15) is 0 Å². The van der Waals surface area contributed by atoms with Crippen LogP contribution in [0.5, 0.6) is 0 Å². The first-order valence-electron chi connectivity index (χ1n) is 10.3. The summed E-state index contributed by atoms with van der Waals surface area (Å²) in [5.74, 6) is -1.08. The van der Waals surface area contributed by atoms with Crippen LogP contribution >= 0.6 is 0 Å². The molecule has 7 nitrogen and oxygen atoms in total. The molecule has 3 rings (SSSR count). The summed E-state index contributed by atoms with van der Waals surface area (Å²) in [7, 11) is -2.76. The maximum Gasteiger partial charge on any atom is 0.337 e. The van der Waals surface area contributed by atoms with E-state index < -0.39 is 28.4 Å². The van der Waals surface area contributed by atoms with Gasteiger partial charge in [0, 0.05) is 5.69 Å². The topological polar surface area (TPSA) is 92.8 Å². The molecule has 0 radical (unpaired) electrons. The lowest BCUT2D eigenvalue weighted by atomic mass is 10.1. The number of carbonyl (C=O) groups excluding carboxylic acids is 2. The number of anilines is 2. The third-order valence-corrected chi connectivity index (χ3v) is 6.87. The smallest absolute Gasteiger partial charge is 0.337 e. The van der Waals surface area contributed by atoms with Crippen molar-refractivity contribution in [3.05, 3.63) is 89.0 Å². The van der Waals surface area contributed by atoms with Gasteiger partial charge in [-0.3, -0.25) is 9.10 Å². The molecule has 3 aromatic carbocycles. The van der Waals surface area contributed by atoms with Crippen LogP contribution in [-0.4, -0.2) is 33.9 Å². The van der Waals surface area contributed by atoms with Crippen molar-refractivity contribution < 1.29 is 22.7 Å². The van der Waals surface area contributed by atoms with Crippen LogP contribution in [0.25, 0.3) is 0 Å². The van der Waals surface area contributed by atoms with Crippen LogP contribution in [0.15, 0.2) is 71.6 Å². The number of methoxy groups -OCH3 is 1. The minimum atomic E-state index is -4.02. The van der Waals surface area contributed by atoms with Crippen molar-refractivity contribution in [1.82, 2.24) is 0 Å². The quantitative estimate of drug-likeness (QED) is 0.526. The van der Waals surface area contributed by atoms with Gasteiger partial charge in [0.05, 0.1) is 23.3 Å². The minimum absolute atomic E-state index is 0.0921. The lowest BCUT2D eigenvalue weighted by molar-refractivity contribution is -0.114. The van der Waals surface area contributed by atoms with Gasteiger partial charge in [0.1, 0.15) is 6.54 Å². The highest BCUT2D eigenvalue weighted by Crippen LogP contribution is 2.28. The Hall–Kier alpha value is -3.65. The molecule has 0 atom stereocenters. The van der Waals surface area contributed by atoms with Crippen LogP contribution in [0.1, 0.15) is 27.0 Å². The van der Waals surface area contributed by atoms with E-state index in [-0.39, 0.29) is 10.5 Å². The average molecular weight is 467 g/mol. The average Bonchev–Trinajstić information content (AvgIpc) is 2.79. The summed E-state index contributed by atoms with van der Waals surface area (Å²) in [4.78, 5) is 24.8. The van der Waals surface area contributed by atoms with Gasteiger partial charge in [0.15, 0.2) is 0 Å². The fourth-order valence-electron chi connectivity index (χ4n) is 3.30. The van der Waals surface area contributed by atoms with E-state index in [2.05, 4.69) is 5.32 Å². The first-order valence-corrected chi connectivity index (χ1v) is 11.7. The van der Waals surface area contributed by atoms with Crippen molar-refractivity contribution in [3.8, 4) is 0 Å². The Morgan fingerprint density at radius 3 is 2.24 bits per heavy atom. The molecule has 0 saturated carbocycles. The van der Waals surface area contributed by atoms with Gasteiger partial charge in [0.2, 0.25) is 5.91 Å². The largest absolute Gasteiger partial charge is 0.465 e. The predicted octanol–water partition coefficient (Wildman–Crippen LogP) is 4.23. The molecular weight excluding hydrogens is 440 g/mol. The Bertz CT molecular complexity index is 1280. The number of nitrogens with zero attached hydrogens (tertiary/aromatic N) is 1. The highest BCUT2D eigenvalue weighted by Gasteiger charge is 2.28. The molecule has 1 amide bonds. The van der Waals surface area contributed by atoms with E-state index in [9.17, 15) is 18.0 Å². The normalized spacial score (nSPS) is 11.0. The molecule has 0 heterocycles. The van der Waals surface area contributed by atoms with Crippen LogP contribution in [0, 0.1) is 20.8 Å². The van der Waals surface area contributed by atoms with Crippen LogP contribution < -0.4 is 9.62 Å². The number of rotatable bonds is 7. The molecule has 0 bridgehead atoms. The molecule has 8 heteroatoms. The maximum atomic E-state index is 13.6. The highest BCUT2D eigenvalue weighted by atomic mass is 32.2. The van der Waals surface area contributed by atoms with Crippen molar-refractivity contribution in [2.24, 2.45) is 0 Å². The monoisotopic (exact) mass is 466 g/mol. The van der Waals surface area contributed by atoms with Crippen LogP contribution in [0.3, 0.4) is 0 Å². The summed E-state index contributed by atoms with van der Waals surface area (Å²) in [6.07, 6.45) is 0. The number of hydrogen-bond acceptors (Lipinski definition) is 5. The number of esters is 1. The minimum Gasteiger partial charge on any atom is -0.465 e. The summed E-state index contributed by atoms with van der Waals surface area (Å²) in [6.45, 7) is 5.08. The summed E-state index contributed by atoms with van der Waals surface area (Å²) >= 11 is 0.